The minimum atomic E-state index is -0.215. The summed E-state index contributed by atoms with van der Waals surface area (Å²) in [6.45, 7) is 2.22. The van der Waals surface area contributed by atoms with E-state index in [-0.39, 0.29) is 29.0 Å². The van der Waals surface area contributed by atoms with E-state index in [1.165, 1.54) is 18.4 Å². The molecule has 2 fully saturated rings. The molecule has 2 saturated carbocycles. The summed E-state index contributed by atoms with van der Waals surface area (Å²) in [5.74, 6) is -0.326. The Morgan fingerprint density at radius 3 is 3.11 bits per heavy atom. The maximum atomic E-state index is 12.2. The highest BCUT2D eigenvalue weighted by atomic mass is 16.5. The van der Waals surface area contributed by atoms with E-state index >= 15 is 0 Å². The zero-order valence-corrected chi connectivity index (χ0v) is 10.9. The quantitative estimate of drug-likeness (QED) is 0.557. The van der Waals surface area contributed by atoms with Crippen LogP contribution in [-0.4, -0.2) is 18.4 Å². The summed E-state index contributed by atoms with van der Waals surface area (Å²) in [6.07, 6.45) is 8.24. The number of ketones is 1. The van der Waals surface area contributed by atoms with Crippen LogP contribution in [0.1, 0.15) is 45.4 Å². The van der Waals surface area contributed by atoms with Gasteiger partial charge < -0.3 is 4.74 Å². The number of allylic oxidation sites excluding steroid dienone is 2. The Morgan fingerprint density at radius 2 is 2.33 bits per heavy atom. The molecule has 18 heavy (non-hydrogen) atoms. The zero-order chi connectivity index (χ0) is 12.8. The van der Waals surface area contributed by atoms with Crippen LogP contribution in [0, 0.1) is 17.3 Å². The summed E-state index contributed by atoms with van der Waals surface area (Å²) in [5.41, 5.74) is 1.47. The molecule has 4 aliphatic carbocycles. The summed E-state index contributed by atoms with van der Waals surface area (Å²) in [6, 6.07) is 0. The van der Waals surface area contributed by atoms with Crippen LogP contribution in [0.2, 0.25) is 0 Å². The van der Waals surface area contributed by atoms with Crippen molar-refractivity contribution >= 4 is 11.8 Å². The molecule has 98 valence electrons. The first-order valence-corrected chi connectivity index (χ1v) is 7.07. The molecule has 0 aromatic rings. The minimum absolute atomic E-state index is 0.0154. The van der Waals surface area contributed by atoms with Gasteiger partial charge in [0.1, 0.15) is 5.78 Å². The Labute approximate surface area is 108 Å². The van der Waals surface area contributed by atoms with Crippen molar-refractivity contribution in [2.75, 3.05) is 6.61 Å². The number of carbonyl (C=O) groups excluding carboxylic acids is 2. The van der Waals surface area contributed by atoms with Crippen LogP contribution >= 0.6 is 0 Å². The Hall–Kier alpha value is -1.12. The molecule has 3 heteroatoms. The van der Waals surface area contributed by atoms with Crippen molar-refractivity contribution in [1.29, 1.82) is 0 Å². The highest BCUT2D eigenvalue weighted by Gasteiger charge is 2.53. The molecule has 4 aliphatic rings. The van der Waals surface area contributed by atoms with Gasteiger partial charge in [0.05, 0.1) is 12.5 Å². The SMILES string of the molecule is CCOC(=O)[C@@H]1C[C@]23CCCCC2=C[C@H]1C(=O)C3. The van der Waals surface area contributed by atoms with Crippen LogP contribution in [0.3, 0.4) is 0 Å². The average molecular weight is 248 g/mol. The maximum absolute atomic E-state index is 12.2. The molecule has 3 nitrogen and oxygen atoms in total. The van der Waals surface area contributed by atoms with Gasteiger partial charge in [0.2, 0.25) is 0 Å². The normalized spacial score (nSPS) is 38.1. The van der Waals surface area contributed by atoms with Crippen molar-refractivity contribution in [3.63, 3.8) is 0 Å². The Kier molecular flexibility index (Phi) is 2.80. The largest absolute Gasteiger partial charge is 0.466 e. The van der Waals surface area contributed by atoms with Crippen molar-refractivity contribution in [2.45, 2.75) is 45.4 Å². The van der Waals surface area contributed by atoms with Gasteiger partial charge in [-0.25, -0.2) is 0 Å². The van der Waals surface area contributed by atoms with E-state index in [2.05, 4.69) is 6.08 Å². The molecule has 3 atom stereocenters. The van der Waals surface area contributed by atoms with Gasteiger partial charge in [-0.2, -0.15) is 0 Å². The number of rotatable bonds is 2. The summed E-state index contributed by atoms with van der Waals surface area (Å²) in [5, 5.41) is 0. The summed E-state index contributed by atoms with van der Waals surface area (Å²) < 4.78 is 5.14. The van der Waals surface area contributed by atoms with Crippen LogP contribution in [0.15, 0.2) is 11.6 Å². The lowest BCUT2D eigenvalue weighted by Gasteiger charge is -2.50. The number of Topliss-reactive ketones (excluding diaryl/α,β-unsaturated/α-hetero) is 1. The van der Waals surface area contributed by atoms with E-state index in [4.69, 9.17) is 4.74 Å². The molecule has 0 N–H and O–H groups in total. The fraction of sp³-hybridized carbons (Fsp3) is 0.733. The van der Waals surface area contributed by atoms with Crippen molar-refractivity contribution in [2.24, 2.45) is 17.3 Å². The fourth-order valence-corrected chi connectivity index (χ4v) is 4.10. The van der Waals surface area contributed by atoms with Gasteiger partial charge in [-0.3, -0.25) is 9.59 Å². The van der Waals surface area contributed by atoms with E-state index in [9.17, 15) is 9.59 Å². The molecule has 0 aromatic heterocycles. The van der Waals surface area contributed by atoms with Crippen LogP contribution < -0.4 is 0 Å². The second-order valence-corrected chi connectivity index (χ2v) is 5.91. The number of ether oxygens (including phenoxy) is 1. The third-order valence-electron chi connectivity index (χ3n) is 4.93. The highest BCUT2D eigenvalue weighted by Crippen LogP contribution is 2.57. The topological polar surface area (TPSA) is 43.4 Å². The number of hydrogen-bond donors (Lipinski definition) is 0. The zero-order valence-electron chi connectivity index (χ0n) is 10.9. The van der Waals surface area contributed by atoms with E-state index in [0.717, 1.165) is 19.3 Å². The molecule has 0 unspecified atom stereocenters. The lowest BCUT2D eigenvalue weighted by atomic mass is 9.52. The average Bonchev–Trinajstić information content (AvgIpc) is 2.37. The summed E-state index contributed by atoms with van der Waals surface area (Å²) >= 11 is 0. The van der Waals surface area contributed by atoms with Crippen molar-refractivity contribution < 1.29 is 14.3 Å². The summed E-state index contributed by atoms with van der Waals surface area (Å²) in [7, 11) is 0. The first-order chi connectivity index (χ1) is 8.66. The van der Waals surface area contributed by atoms with Gasteiger partial charge in [-0.1, -0.05) is 18.1 Å². The molecular formula is C15H20O3. The second kappa shape index (κ2) is 4.22. The van der Waals surface area contributed by atoms with Gasteiger partial charge in [0, 0.05) is 12.3 Å². The van der Waals surface area contributed by atoms with Gasteiger partial charge >= 0.3 is 5.97 Å². The Bertz CT molecular complexity index is 423. The third-order valence-corrected chi connectivity index (χ3v) is 4.93. The van der Waals surface area contributed by atoms with Gasteiger partial charge in [-0.15, -0.1) is 0 Å². The predicted octanol–water partition coefficient (Wildman–Crippen LogP) is 2.65. The number of carbonyl (C=O) groups is 2. The minimum Gasteiger partial charge on any atom is -0.466 e. The standard InChI is InChI=1S/C15H20O3/c1-2-18-14(17)12-8-15-6-4-3-5-10(15)7-11(12)13(16)9-15/h7,11-12H,2-6,8-9H2,1H3/t11-,12-,15+/m1/s1. The van der Waals surface area contributed by atoms with E-state index in [1.807, 2.05) is 6.92 Å². The molecule has 0 aromatic carbocycles. The van der Waals surface area contributed by atoms with Crippen molar-refractivity contribution in [3.05, 3.63) is 11.6 Å². The monoisotopic (exact) mass is 248 g/mol. The van der Waals surface area contributed by atoms with Crippen molar-refractivity contribution in [3.8, 4) is 0 Å². The first kappa shape index (κ1) is 11.9. The van der Waals surface area contributed by atoms with Gasteiger partial charge in [0.25, 0.3) is 0 Å². The third kappa shape index (κ3) is 1.63. The van der Waals surface area contributed by atoms with E-state index in [0.29, 0.717) is 13.0 Å². The molecular weight excluding hydrogens is 228 g/mol. The van der Waals surface area contributed by atoms with Gasteiger partial charge in [0.15, 0.2) is 0 Å². The number of hydrogen-bond acceptors (Lipinski definition) is 3. The molecule has 4 rings (SSSR count). The van der Waals surface area contributed by atoms with Gasteiger partial charge in [-0.05, 0) is 38.0 Å². The van der Waals surface area contributed by atoms with Crippen LogP contribution in [0.5, 0.6) is 0 Å². The molecule has 0 amide bonds. The lowest BCUT2D eigenvalue weighted by molar-refractivity contribution is -0.157. The molecule has 0 radical (unpaired) electrons. The Morgan fingerprint density at radius 1 is 1.50 bits per heavy atom. The second-order valence-electron chi connectivity index (χ2n) is 5.91. The Balaban J connectivity index is 1.93. The maximum Gasteiger partial charge on any atom is 0.310 e. The summed E-state index contributed by atoms with van der Waals surface area (Å²) in [4.78, 5) is 24.2. The lowest BCUT2D eigenvalue weighted by Crippen LogP contribution is -2.49. The van der Waals surface area contributed by atoms with E-state index in [1.54, 1.807) is 0 Å². The highest BCUT2D eigenvalue weighted by molar-refractivity contribution is 5.92. The predicted molar refractivity (Wildman–Crippen MR) is 66.8 cm³/mol. The molecule has 0 saturated heterocycles. The number of esters is 1. The van der Waals surface area contributed by atoms with E-state index < -0.39 is 0 Å². The fourth-order valence-electron chi connectivity index (χ4n) is 4.10. The number of fused-ring (bicyclic) bond motifs is 2. The smallest absolute Gasteiger partial charge is 0.310 e. The molecule has 0 aliphatic heterocycles. The van der Waals surface area contributed by atoms with Crippen LogP contribution in [0.4, 0.5) is 0 Å². The van der Waals surface area contributed by atoms with Crippen molar-refractivity contribution in [1.82, 2.24) is 0 Å². The van der Waals surface area contributed by atoms with Crippen LogP contribution in [0.25, 0.3) is 0 Å². The van der Waals surface area contributed by atoms with Crippen LogP contribution in [-0.2, 0) is 14.3 Å². The molecule has 0 heterocycles. The first-order valence-electron chi connectivity index (χ1n) is 7.07. The molecule has 2 bridgehead atoms. The molecule has 1 spiro atoms.